The Balaban J connectivity index is 1.93. The molecule has 29 heavy (non-hydrogen) atoms. The molecule has 2 aromatic carbocycles. The van der Waals surface area contributed by atoms with E-state index in [0.29, 0.717) is 35.3 Å². The zero-order valence-corrected chi connectivity index (χ0v) is 16.2. The van der Waals surface area contributed by atoms with E-state index in [-0.39, 0.29) is 5.56 Å². The van der Waals surface area contributed by atoms with Crippen LogP contribution in [0.3, 0.4) is 0 Å². The first-order valence-corrected chi connectivity index (χ1v) is 9.39. The van der Waals surface area contributed by atoms with Crippen molar-refractivity contribution in [1.82, 2.24) is 24.1 Å². The Morgan fingerprint density at radius 2 is 1.69 bits per heavy atom. The minimum atomic E-state index is -0.146. The number of ether oxygens (including phenoxy) is 1. The van der Waals surface area contributed by atoms with Crippen LogP contribution >= 0.6 is 0 Å². The summed E-state index contributed by atoms with van der Waals surface area (Å²) in [5.74, 6) is 0. The molecule has 144 valence electrons. The van der Waals surface area contributed by atoms with Crippen LogP contribution in [-0.4, -0.2) is 37.8 Å². The van der Waals surface area contributed by atoms with Crippen LogP contribution in [0.5, 0.6) is 0 Å². The molecule has 0 N–H and O–H groups in total. The maximum Gasteiger partial charge on any atom is 0.265 e. The number of methoxy groups -OCH3 is 1. The first-order chi connectivity index (χ1) is 14.2. The predicted octanol–water partition coefficient (Wildman–Crippen LogP) is 3.24. The molecular formula is C22H19N5O2. The summed E-state index contributed by atoms with van der Waals surface area (Å²) >= 11 is 0. The lowest BCUT2D eigenvalue weighted by molar-refractivity contribution is 0.186. The van der Waals surface area contributed by atoms with Gasteiger partial charge in [-0.3, -0.25) is 13.9 Å². The van der Waals surface area contributed by atoms with E-state index in [1.807, 2.05) is 60.0 Å². The third-order valence-corrected chi connectivity index (χ3v) is 5.06. The van der Waals surface area contributed by atoms with Crippen molar-refractivity contribution in [3.05, 3.63) is 70.8 Å². The van der Waals surface area contributed by atoms with E-state index < -0.39 is 0 Å². The number of benzene rings is 2. The summed E-state index contributed by atoms with van der Waals surface area (Å²) in [7, 11) is 1.61. The van der Waals surface area contributed by atoms with Crippen molar-refractivity contribution in [2.75, 3.05) is 13.7 Å². The fraction of sp³-hybridized carbons (Fsp3) is 0.182. The lowest BCUT2D eigenvalue weighted by Crippen LogP contribution is -2.22. The standard InChI is InChI=1S/C22H19N5O2/c1-14-7-9-15(10-8-14)27-20-18(22(28)26(13-23-20)11-12-29-2)19-21(27)25-17-6-4-3-5-16(17)24-19/h3-10,13H,11-12H2,1-2H3. The molecule has 0 atom stereocenters. The summed E-state index contributed by atoms with van der Waals surface area (Å²) in [5.41, 5.74) is 5.15. The van der Waals surface area contributed by atoms with Gasteiger partial charge in [-0.15, -0.1) is 0 Å². The van der Waals surface area contributed by atoms with Crippen molar-refractivity contribution in [2.24, 2.45) is 0 Å². The highest BCUT2D eigenvalue weighted by Crippen LogP contribution is 2.28. The molecule has 0 saturated heterocycles. The van der Waals surface area contributed by atoms with Crippen LogP contribution in [0.25, 0.3) is 38.9 Å². The van der Waals surface area contributed by atoms with Crippen LogP contribution in [0, 0.1) is 6.92 Å². The van der Waals surface area contributed by atoms with Gasteiger partial charge in [-0.05, 0) is 31.2 Å². The Labute approximate surface area is 166 Å². The van der Waals surface area contributed by atoms with Gasteiger partial charge in [0.05, 0.1) is 24.2 Å². The topological polar surface area (TPSA) is 74.8 Å². The van der Waals surface area contributed by atoms with Crippen molar-refractivity contribution in [3.63, 3.8) is 0 Å². The average molecular weight is 385 g/mol. The minimum absolute atomic E-state index is 0.146. The highest BCUT2D eigenvalue weighted by Gasteiger charge is 2.20. The van der Waals surface area contributed by atoms with Crippen LogP contribution < -0.4 is 5.56 Å². The zero-order valence-electron chi connectivity index (χ0n) is 16.2. The van der Waals surface area contributed by atoms with Gasteiger partial charge in [0.1, 0.15) is 17.2 Å². The van der Waals surface area contributed by atoms with Gasteiger partial charge in [0, 0.05) is 12.8 Å². The average Bonchev–Trinajstić information content (AvgIpc) is 3.06. The Bertz CT molecular complexity index is 1420. The summed E-state index contributed by atoms with van der Waals surface area (Å²) in [6.07, 6.45) is 1.56. The normalized spacial score (nSPS) is 11.7. The maximum absolute atomic E-state index is 13.3. The molecule has 7 heteroatoms. The van der Waals surface area contributed by atoms with Crippen LogP contribution in [-0.2, 0) is 11.3 Å². The van der Waals surface area contributed by atoms with E-state index in [1.54, 1.807) is 18.0 Å². The molecule has 5 rings (SSSR count). The molecule has 0 aliphatic carbocycles. The van der Waals surface area contributed by atoms with Gasteiger partial charge in [-0.1, -0.05) is 29.8 Å². The largest absolute Gasteiger partial charge is 0.383 e. The quantitative estimate of drug-likeness (QED) is 0.475. The van der Waals surface area contributed by atoms with Gasteiger partial charge >= 0.3 is 0 Å². The third kappa shape index (κ3) is 2.78. The molecule has 0 bridgehead atoms. The van der Waals surface area contributed by atoms with E-state index in [4.69, 9.17) is 14.7 Å². The predicted molar refractivity (Wildman–Crippen MR) is 113 cm³/mol. The van der Waals surface area contributed by atoms with Crippen LogP contribution in [0.2, 0.25) is 0 Å². The Morgan fingerprint density at radius 3 is 2.41 bits per heavy atom. The molecule has 0 aliphatic rings. The van der Waals surface area contributed by atoms with Gasteiger partial charge < -0.3 is 4.74 Å². The van der Waals surface area contributed by atoms with Crippen molar-refractivity contribution >= 4 is 33.2 Å². The fourth-order valence-corrected chi connectivity index (χ4v) is 3.56. The first kappa shape index (κ1) is 17.5. The molecule has 0 saturated carbocycles. The smallest absolute Gasteiger partial charge is 0.265 e. The van der Waals surface area contributed by atoms with E-state index in [9.17, 15) is 4.79 Å². The van der Waals surface area contributed by atoms with Crippen LogP contribution in [0.4, 0.5) is 0 Å². The van der Waals surface area contributed by atoms with Crippen molar-refractivity contribution in [1.29, 1.82) is 0 Å². The highest BCUT2D eigenvalue weighted by atomic mass is 16.5. The van der Waals surface area contributed by atoms with Gasteiger partial charge in [0.2, 0.25) is 0 Å². The Morgan fingerprint density at radius 1 is 0.966 bits per heavy atom. The Hall–Kier alpha value is -3.58. The molecule has 0 aliphatic heterocycles. The number of hydrogen-bond donors (Lipinski definition) is 0. The van der Waals surface area contributed by atoms with E-state index in [0.717, 1.165) is 22.3 Å². The second kappa shape index (κ2) is 6.79. The lowest BCUT2D eigenvalue weighted by atomic mass is 10.2. The SMILES string of the molecule is COCCn1cnc2c(c1=O)c1nc3ccccc3nc1n2-c1ccc(C)cc1. The number of para-hydroxylation sites is 2. The summed E-state index contributed by atoms with van der Waals surface area (Å²) in [5, 5.41) is 0.470. The van der Waals surface area contributed by atoms with Gasteiger partial charge in [-0.25, -0.2) is 15.0 Å². The third-order valence-electron chi connectivity index (χ3n) is 5.06. The van der Waals surface area contributed by atoms with Gasteiger partial charge in [-0.2, -0.15) is 0 Å². The van der Waals surface area contributed by atoms with Crippen LogP contribution in [0.1, 0.15) is 5.56 Å². The first-order valence-electron chi connectivity index (χ1n) is 9.39. The molecule has 0 amide bonds. The molecular weight excluding hydrogens is 366 g/mol. The van der Waals surface area contributed by atoms with Crippen molar-refractivity contribution in [3.8, 4) is 5.69 Å². The van der Waals surface area contributed by atoms with E-state index in [1.165, 1.54) is 0 Å². The minimum Gasteiger partial charge on any atom is -0.383 e. The highest BCUT2D eigenvalue weighted by molar-refractivity contribution is 6.05. The summed E-state index contributed by atoms with van der Waals surface area (Å²) in [6, 6.07) is 15.7. The number of nitrogens with zero attached hydrogens (tertiary/aromatic N) is 5. The molecule has 0 unspecified atom stereocenters. The lowest BCUT2D eigenvalue weighted by Gasteiger charge is -2.08. The second-order valence-corrected chi connectivity index (χ2v) is 6.99. The molecule has 7 nitrogen and oxygen atoms in total. The molecule has 0 fully saturated rings. The summed E-state index contributed by atoms with van der Waals surface area (Å²) in [6.45, 7) is 2.89. The number of rotatable bonds is 4. The number of hydrogen-bond acceptors (Lipinski definition) is 5. The van der Waals surface area contributed by atoms with E-state index in [2.05, 4.69) is 4.98 Å². The molecule has 0 spiro atoms. The van der Waals surface area contributed by atoms with Crippen molar-refractivity contribution < 1.29 is 4.74 Å². The van der Waals surface area contributed by atoms with Gasteiger partial charge in [0.15, 0.2) is 11.3 Å². The number of aryl methyl sites for hydroxylation is 1. The van der Waals surface area contributed by atoms with Crippen LogP contribution in [0.15, 0.2) is 59.7 Å². The molecule has 3 heterocycles. The zero-order chi connectivity index (χ0) is 20.0. The second-order valence-electron chi connectivity index (χ2n) is 6.99. The number of fused-ring (bicyclic) bond motifs is 4. The fourth-order valence-electron chi connectivity index (χ4n) is 3.56. The van der Waals surface area contributed by atoms with Crippen molar-refractivity contribution in [2.45, 2.75) is 13.5 Å². The maximum atomic E-state index is 13.3. The summed E-state index contributed by atoms with van der Waals surface area (Å²) < 4.78 is 8.59. The Kier molecular flexibility index (Phi) is 4.10. The molecule has 0 radical (unpaired) electrons. The molecule has 5 aromatic rings. The molecule has 3 aromatic heterocycles. The summed E-state index contributed by atoms with van der Waals surface area (Å²) in [4.78, 5) is 27.5. The number of aromatic nitrogens is 5. The monoisotopic (exact) mass is 385 g/mol. The van der Waals surface area contributed by atoms with Gasteiger partial charge in [0.25, 0.3) is 5.56 Å². The van der Waals surface area contributed by atoms with E-state index >= 15 is 0 Å².